The van der Waals surface area contributed by atoms with Gasteiger partial charge in [-0.05, 0) is 41.8 Å². The molecule has 164 valence electrons. The van der Waals surface area contributed by atoms with E-state index in [2.05, 4.69) is 113 Å². The van der Waals surface area contributed by atoms with Gasteiger partial charge in [-0.25, -0.2) is 0 Å². The molecule has 1 aliphatic rings. The molecule has 1 fully saturated rings. The van der Waals surface area contributed by atoms with Gasteiger partial charge in [0.05, 0.1) is 5.60 Å². The average Bonchev–Trinajstić information content (AvgIpc) is 2.73. The predicted molar refractivity (Wildman–Crippen MR) is 128 cm³/mol. The van der Waals surface area contributed by atoms with Crippen LogP contribution in [0.5, 0.6) is 0 Å². The first kappa shape index (κ1) is 22.6. The third-order valence-corrected chi connectivity index (χ3v) is 7.12. The van der Waals surface area contributed by atoms with Crippen LogP contribution in [0.1, 0.15) is 56.8 Å². The first-order valence-electron chi connectivity index (χ1n) is 11.2. The van der Waals surface area contributed by atoms with Crippen molar-refractivity contribution >= 4 is 11.4 Å². The van der Waals surface area contributed by atoms with Crippen LogP contribution in [-0.2, 0) is 0 Å². The Labute approximate surface area is 182 Å². The van der Waals surface area contributed by atoms with Crippen molar-refractivity contribution in [2.45, 2.75) is 51.3 Å². The van der Waals surface area contributed by atoms with Crippen LogP contribution in [0.3, 0.4) is 0 Å². The summed E-state index contributed by atoms with van der Waals surface area (Å²) in [6.45, 7) is 6.57. The minimum absolute atomic E-state index is 0.104. The normalized spacial score (nSPS) is 28.9. The zero-order chi connectivity index (χ0) is 22.1. The molecule has 3 rings (SSSR count). The SMILES string of the molecule is CCCC1(O)[C@@H](C)[C@@H](c2ccc(N(C)C)cc2)N[C@H](c2ccc(N(C)C)cc2)[C@@H]1C. The van der Waals surface area contributed by atoms with E-state index in [4.69, 9.17) is 0 Å². The lowest BCUT2D eigenvalue weighted by molar-refractivity contribution is -0.116. The minimum Gasteiger partial charge on any atom is -0.389 e. The van der Waals surface area contributed by atoms with E-state index in [0.717, 1.165) is 12.8 Å². The van der Waals surface area contributed by atoms with Crippen LogP contribution in [-0.4, -0.2) is 38.9 Å². The summed E-state index contributed by atoms with van der Waals surface area (Å²) in [4.78, 5) is 4.23. The Balaban J connectivity index is 1.98. The maximum absolute atomic E-state index is 11.9. The summed E-state index contributed by atoms with van der Waals surface area (Å²) in [6, 6.07) is 17.7. The molecule has 30 heavy (non-hydrogen) atoms. The number of piperidine rings is 1. The van der Waals surface area contributed by atoms with Gasteiger partial charge >= 0.3 is 0 Å². The van der Waals surface area contributed by atoms with Gasteiger partial charge in [0.15, 0.2) is 0 Å². The van der Waals surface area contributed by atoms with Gasteiger partial charge in [0, 0.05) is 63.5 Å². The van der Waals surface area contributed by atoms with Crippen molar-refractivity contribution in [3.8, 4) is 0 Å². The average molecular weight is 410 g/mol. The van der Waals surface area contributed by atoms with E-state index in [0.29, 0.717) is 0 Å². The molecule has 0 spiro atoms. The summed E-state index contributed by atoms with van der Waals surface area (Å²) in [5.74, 6) is 0.241. The third kappa shape index (κ3) is 4.21. The van der Waals surface area contributed by atoms with Crippen LogP contribution >= 0.6 is 0 Å². The number of hydrogen-bond acceptors (Lipinski definition) is 4. The molecule has 0 aliphatic carbocycles. The Morgan fingerprint density at radius 1 is 0.767 bits per heavy atom. The zero-order valence-corrected chi connectivity index (χ0v) is 19.7. The maximum atomic E-state index is 11.9. The second kappa shape index (κ2) is 8.99. The fraction of sp³-hybridized carbons (Fsp3) is 0.538. The lowest BCUT2D eigenvalue weighted by atomic mass is 9.64. The van der Waals surface area contributed by atoms with Crippen LogP contribution in [0, 0.1) is 11.8 Å². The molecular weight excluding hydrogens is 370 g/mol. The van der Waals surface area contributed by atoms with Gasteiger partial charge in [0.1, 0.15) is 0 Å². The summed E-state index contributed by atoms with van der Waals surface area (Å²) < 4.78 is 0. The molecule has 4 heteroatoms. The summed E-state index contributed by atoms with van der Waals surface area (Å²) >= 11 is 0. The van der Waals surface area contributed by atoms with Crippen molar-refractivity contribution in [2.75, 3.05) is 38.0 Å². The van der Waals surface area contributed by atoms with Crippen LogP contribution in [0.25, 0.3) is 0 Å². The fourth-order valence-corrected chi connectivity index (χ4v) is 5.06. The van der Waals surface area contributed by atoms with Crippen molar-refractivity contribution in [1.82, 2.24) is 5.32 Å². The summed E-state index contributed by atoms with van der Waals surface area (Å²) in [6.07, 6.45) is 1.79. The van der Waals surface area contributed by atoms with Crippen LogP contribution < -0.4 is 15.1 Å². The number of hydrogen-bond donors (Lipinski definition) is 2. The van der Waals surface area contributed by atoms with Crippen LogP contribution in [0.15, 0.2) is 48.5 Å². The van der Waals surface area contributed by atoms with Gasteiger partial charge in [-0.15, -0.1) is 0 Å². The minimum atomic E-state index is -0.713. The first-order valence-corrected chi connectivity index (χ1v) is 11.2. The standard InChI is InChI=1S/C26H39N3O/c1-8-17-26(30)18(2)24(20-9-13-22(14-10-20)28(4)5)27-25(19(26)3)21-11-15-23(16-12-21)29(6)7/h9-16,18-19,24-25,27,30H,8,17H2,1-7H3/t18-,19-,24-,25-/m0/s1. The van der Waals surface area contributed by atoms with Gasteiger partial charge in [0.25, 0.3) is 0 Å². The third-order valence-electron chi connectivity index (χ3n) is 7.12. The number of benzene rings is 2. The highest BCUT2D eigenvalue weighted by atomic mass is 16.3. The Kier molecular flexibility index (Phi) is 6.78. The number of rotatable bonds is 6. The van der Waals surface area contributed by atoms with Crippen molar-refractivity contribution in [2.24, 2.45) is 11.8 Å². The number of nitrogens with zero attached hydrogens (tertiary/aromatic N) is 2. The topological polar surface area (TPSA) is 38.7 Å². The Morgan fingerprint density at radius 2 is 1.13 bits per heavy atom. The van der Waals surface area contributed by atoms with Gasteiger partial charge in [-0.3, -0.25) is 0 Å². The van der Waals surface area contributed by atoms with Gasteiger partial charge < -0.3 is 20.2 Å². The van der Waals surface area contributed by atoms with E-state index in [1.807, 2.05) is 0 Å². The molecule has 0 aromatic heterocycles. The summed E-state index contributed by atoms with van der Waals surface area (Å²) in [5, 5.41) is 15.8. The molecule has 1 heterocycles. The second-order valence-electron chi connectivity index (χ2n) is 9.41. The molecule has 2 aromatic rings. The molecule has 0 amide bonds. The Bertz CT molecular complexity index is 750. The van der Waals surface area contributed by atoms with Crippen molar-refractivity contribution in [3.05, 3.63) is 59.7 Å². The fourth-order valence-electron chi connectivity index (χ4n) is 5.06. The molecule has 0 bridgehead atoms. The molecule has 0 radical (unpaired) electrons. The van der Waals surface area contributed by atoms with Crippen molar-refractivity contribution in [1.29, 1.82) is 0 Å². The summed E-state index contributed by atoms with van der Waals surface area (Å²) in [7, 11) is 8.24. The first-order chi connectivity index (χ1) is 14.2. The van der Waals surface area contributed by atoms with Gasteiger partial charge in [-0.1, -0.05) is 51.5 Å². The summed E-state index contributed by atoms with van der Waals surface area (Å²) in [5.41, 5.74) is 4.15. The van der Waals surface area contributed by atoms with Crippen LogP contribution in [0.2, 0.25) is 0 Å². The maximum Gasteiger partial charge on any atom is 0.0734 e. The zero-order valence-electron chi connectivity index (χ0n) is 19.7. The van der Waals surface area contributed by atoms with Gasteiger partial charge in [0.2, 0.25) is 0 Å². The van der Waals surface area contributed by atoms with Crippen molar-refractivity contribution < 1.29 is 5.11 Å². The van der Waals surface area contributed by atoms with E-state index < -0.39 is 5.60 Å². The van der Waals surface area contributed by atoms with Crippen LogP contribution in [0.4, 0.5) is 11.4 Å². The predicted octanol–water partition coefficient (Wildman–Crippen LogP) is 5.01. The molecule has 0 saturated carbocycles. The van der Waals surface area contributed by atoms with Gasteiger partial charge in [-0.2, -0.15) is 0 Å². The number of nitrogens with one attached hydrogen (secondary N) is 1. The molecule has 4 atom stereocenters. The quantitative estimate of drug-likeness (QED) is 0.704. The van der Waals surface area contributed by atoms with E-state index in [-0.39, 0.29) is 23.9 Å². The smallest absolute Gasteiger partial charge is 0.0734 e. The lowest BCUT2D eigenvalue weighted by Crippen LogP contribution is -2.57. The highest BCUT2D eigenvalue weighted by Gasteiger charge is 2.50. The molecule has 2 aromatic carbocycles. The molecule has 0 unspecified atom stereocenters. The molecule has 4 nitrogen and oxygen atoms in total. The van der Waals surface area contributed by atoms with E-state index in [1.54, 1.807) is 0 Å². The second-order valence-corrected chi connectivity index (χ2v) is 9.41. The monoisotopic (exact) mass is 409 g/mol. The van der Waals surface area contributed by atoms with Crippen molar-refractivity contribution in [3.63, 3.8) is 0 Å². The molecular formula is C26H39N3O. The molecule has 2 N–H and O–H groups in total. The Morgan fingerprint density at radius 3 is 1.43 bits per heavy atom. The highest BCUT2D eigenvalue weighted by molar-refractivity contribution is 5.48. The van der Waals surface area contributed by atoms with E-state index in [9.17, 15) is 5.11 Å². The lowest BCUT2D eigenvalue weighted by Gasteiger charge is -2.52. The number of anilines is 2. The number of aliphatic hydroxyl groups is 1. The highest BCUT2D eigenvalue weighted by Crippen LogP contribution is 2.49. The van der Waals surface area contributed by atoms with E-state index in [1.165, 1.54) is 22.5 Å². The molecule has 1 saturated heterocycles. The Hall–Kier alpha value is -2.04. The van der Waals surface area contributed by atoms with E-state index >= 15 is 0 Å². The largest absolute Gasteiger partial charge is 0.389 e. The molecule has 1 aliphatic heterocycles.